The number of nitrogens with zero attached hydrogens (tertiary/aromatic N) is 2. The van der Waals surface area contributed by atoms with Crippen LogP contribution in [-0.2, 0) is 19.0 Å². The maximum Gasteiger partial charge on any atom is 0.347 e. The van der Waals surface area contributed by atoms with Crippen molar-refractivity contribution in [2.45, 2.75) is 51.1 Å². The number of fused-ring (bicyclic) bond motifs is 1. The number of rotatable bonds is 1. The Kier molecular flexibility index (Phi) is 3.08. The van der Waals surface area contributed by atoms with E-state index in [0.717, 1.165) is 10.9 Å². The Labute approximate surface area is 118 Å². The van der Waals surface area contributed by atoms with E-state index in [1.807, 2.05) is 0 Å². The topological polar surface area (TPSA) is 113 Å². The van der Waals surface area contributed by atoms with Crippen LogP contribution in [0.15, 0.2) is 15.8 Å². The van der Waals surface area contributed by atoms with Crippen molar-refractivity contribution >= 4 is 5.78 Å². The van der Waals surface area contributed by atoms with Crippen LogP contribution in [0.4, 0.5) is 0 Å². The maximum absolute atomic E-state index is 12.1. The van der Waals surface area contributed by atoms with E-state index in [4.69, 9.17) is 14.2 Å². The van der Waals surface area contributed by atoms with Crippen LogP contribution in [0.3, 0.4) is 0 Å². The zero-order valence-electron chi connectivity index (χ0n) is 11.7. The van der Waals surface area contributed by atoms with Gasteiger partial charge in [0.1, 0.15) is 18.4 Å². The maximum atomic E-state index is 12.1. The first-order valence-electron chi connectivity index (χ1n) is 6.51. The molecule has 1 N–H and O–H groups in total. The third kappa shape index (κ3) is 2.33. The van der Waals surface area contributed by atoms with E-state index in [0.29, 0.717) is 0 Å². The summed E-state index contributed by atoms with van der Waals surface area (Å²) in [5, 5.41) is 3.76. The van der Waals surface area contributed by atoms with E-state index in [1.165, 1.54) is 0 Å². The highest BCUT2D eigenvalue weighted by molar-refractivity contribution is 5.88. The molecular weight excluding hydrogens is 282 g/mol. The number of aromatic nitrogens is 3. The average Bonchev–Trinajstić information content (AvgIpc) is 2.71. The van der Waals surface area contributed by atoms with Gasteiger partial charge in [-0.3, -0.25) is 14.6 Å². The molecule has 3 rings (SSSR count). The number of hydrogen-bond donors (Lipinski definition) is 1. The van der Waals surface area contributed by atoms with E-state index < -0.39 is 41.6 Å². The number of ether oxygens (including phenoxy) is 3. The van der Waals surface area contributed by atoms with Gasteiger partial charge in [-0.2, -0.15) is 9.78 Å². The molecule has 0 spiro atoms. The van der Waals surface area contributed by atoms with Crippen LogP contribution in [-0.4, -0.2) is 44.6 Å². The largest absolute Gasteiger partial charge is 0.347 e. The lowest BCUT2D eigenvalue weighted by molar-refractivity contribution is -0.185. The highest BCUT2D eigenvalue weighted by atomic mass is 16.8. The lowest BCUT2D eigenvalue weighted by Gasteiger charge is -2.33. The number of aromatic amines is 1. The second-order valence-corrected chi connectivity index (χ2v) is 5.48. The van der Waals surface area contributed by atoms with Crippen molar-refractivity contribution in [3.8, 4) is 0 Å². The first kappa shape index (κ1) is 14.1. The van der Waals surface area contributed by atoms with Crippen molar-refractivity contribution in [2.75, 3.05) is 0 Å². The molecule has 2 aliphatic heterocycles. The van der Waals surface area contributed by atoms with Gasteiger partial charge in [-0.05, 0) is 20.8 Å². The number of carbonyl (C=O) groups is 1. The fourth-order valence-corrected chi connectivity index (χ4v) is 2.54. The Morgan fingerprint density at radius 2 is 2.00 bits per heavy atom. The second kappa shape index (κ2) is 4.58. The molecule has 0 radical (unpaired) electrons. The van der Waals surface area contributed by atoms with Crippen molar-refractivity contribution < 1.29 is 19.0 Å². The first-order valence-corrected chi connectivity index (χ1v) is 6.51. The number of ketones is 1. The van der Waals surface area contributed by atoms with Gasteiger partial charge in [0.2, 0.25) is 0 Å². The van der Waals surface area contributed by atoms with Gasteiger partial charge in [-0.25, -0.2) is 4.79 Å². The Morgan fingerprint density at radius 3 is 2.67 bits per heavy atom. The summed E-state index contributed by atoms with van der Waals surface area (Å²) < 4.78 is 17.7. The number of carbonyl (C=O) groups excluding carboxylic acids is 1. The van der Waals surface area contributed by atoms with E-state index in [1.54, 1.807) is 20.8 Å². The van der Waals surface area contributed by atoms with Gasteiger partial charge < -0.3 is 14.2 Å². The molecule has 0 saturated carbocycles. The minimum atomic E-state index is -0.970. The van der Waals surface area contributed by atoms with E-state index in [-0.39, 0.29) is 5.78 Å². The van der Waals surface area contributed by atoms with Crippen molar-refractivity contribution in [3.63, 3.8) is 0 Å². The minimum absolute atomic E-state index is 0.251. The molecule has 21 heavy (non-hydrogen) atoms. The molecular formula is C12H15N3O6. The molecule has 4 atom stereocenters. The molecule has 3 heterocycles. The summed E-state index contributed by atoms with van der Waals surface area (Å²) in [6.07, 6.45) is -2.40. The van der Waals surface area contributed by atoms with Gasteiger partial charge in [0.05, 0.1) is 0 Å². The lowest BCUT2D eigenvalue weighted by Crippen LogP contribution is -2.53. The second-order valence-electron chi connectivity index (χ2n) is 5.48. The Morgan fingerprint density at radius 1 is 1.29 bits per heavy atom. The van der Waals surface area contributed by atoms with Crippen LogP contribution >= 0.6 is 0 Å². The number of Topliss-reactive ketones (excluding diaryl/α,β-unsaturated/α-hetero) is 1. The molecule has 2 aliphatic rings. The molecule has 9 heteroatoms. The van der Waals surface area contributed by atoms with Crippen LogP contribution in [0.1, 0.15) is 27.0 Å². The highest BCUT2D eigenvalue weighted by Crippen LogP contribution is 2.38. The number of H-pyrrole nitrogens is 1. The molecule has 1 aromatic heterocycles. The summed E-state index contributed by atoms with van der Waals surface area (Å²) in [6, 6.07) is 0. The monoisotopic (exact) mass is 297 g/mol. The zero-order chi connectivity index (χ0) is 15.4. The molecule has 0 amide bonds. The van der Waals surface area contributed by atoms with E-state index in [2.05, 4.69) is 10.1 Å². The molecule has 0 aliphatic carbocycles. The van der Waals surface area contributed by atoms with Crippen LogP contribution in [0.5, 0.6) is 0 Å². The molecule has 0 aromatic carbocycles. The van der Waals surface area contributed by atoms with Crippen LogP contribution < -0.4 is 11.2 Å². The van der Waals surface area contributed by atoms with Crippen molar-refractivity contribution in [1.82, 2.24) is 14.8 Å². The van der Waals surface area contributed by atoms with Gasteiger partial charge in [-0.1, -0.05) is 0 Å². The van der Waals surface area contributed by atoms with Gasteiger partial charge in [-0.15, -0.1) is 0 Å². The number of hydrogen-bond acceptors (Lipinski definition) is 7. The fraction of sp³-hybridized carbons (Fsp3) is 0.667. The zero-order valence-corrected chi connectivity index (χ0v) is 11.7. The number of nitrogens with one attached hydrogen (secondary N) is 1. The summed E-state index contributed by atoms with van der Waals surface area (Å²) >= 11 is 0. The van der Waals surface area contributed by atoms with Crippen LogP contribution in [0.2, 0.25) is 0 Å². The third-order valence-electron chi connectivity index (χ3n) is 3.41. The van der Waals surface area contributed by atoms with Gasteiger partial charge in [0, 0.05) is 0 Å². The standard InChI is InChI=1S/C12H15N3O6/c1-5-7(17)8-9(21-12(2,3)20-8)10(19-5)15-11(18)14-6(16)4-13-15/h4-5,8-10H,1-3H3,(H,14,16,18)/t5-,8+,9+,10+/m0/s1. The minimum Gasteiger partial charge on any atom is -0.343 e. The van der Waals surface area contributed by atoms with Gasteiger partial charge in [0.25, 0.3) is 5.56 Å². The van der Waals surface area contributed by atoms with Crippen molar-refractivity contribution in [1.29, 1.82) is 0 Å². The summed E-state index contributed by atoms with van der Waals surface area (Å²) in [7, 11) is 0. The summed E-state index contributed by atoms with van der Waals surface area (Å²) in [5.41, 5.74) is -1.35. The van der Waals surface area contributed by atoms with E-state index >= 15 is 0 Å². The van der Waals surface area contributed by atoms with Gasteiger partial charge in [0.15, 0.2) is 23.9 Å². The third-order valence-corrected chi connectivity index (χ3v) is 3.41. The Hall–Kier alpha value is -1.84. The smallest absolute Gasteiger partial charge is 0.343 e. The summed E-state index contributed by atoms with van der Waals surface area (Å²) in [6.45, 7) is 4.91. The average molecular weight is 297 g/mol. The summed E-state index contributed by atoms with van der Waals surface area (Å²) in [4.78, 5) is 37.2. The van der Waals surface area contributed by atoms with Gasteiger partial charge >= 0.3 is 5.69 Å². The predicted octanol–water partition coefficient (Wildman–Crippen LogP) is -1.06. The van der Waals surface area contributed by atoms with Crippen LogP contribution in [0.25, 0.3) is 0 Å². The quantitative estimate of drug-likeness (QED) is 0.702. The molecule has 2 fully saturated rings. The van der Waals surface area contributed by atoms with Crippen molar-refractivity contribution in [3.05, 3.63) is 27.0 Å². The molecule has 0 unspecified atom stereocenters. The highest BCUT2D eigenvalue weighted by Gasteiger charge is 2.55. The molecule has 0 bridgehead atoms. The molecule has 114 valence electrons. The predicted molar refractivity (Wildman–Crippen MR) is 67.5 cm³/mol. The molecule has 2 saturated heterocycles. The molecule has 1 aromatic rings. The lowest BCUT2D eigenvalue weighted by atomic mass is 10.0. The Bertz CT molecular complexity index is 693. The molecule has 9 nitrogen and oxygen atoms in total. The van der Waals surface area contributed by atoms with E-state index in [9.17, 15) is 14.4 Å². The fourth-order valence-electron chi connectivity index (χ4n) is 2.54. The summed E-state index contributed by atoms with van der Waals surface area (Å²) in [5.74, 6) is -1.22. The Balaban J connectivity index is 2.03. The normalized spacial score (nSPS) is 34.7. The van der Waals surface area contributed by atoms with Crippen LogP contribution in [0, 0.1) is 0 Å². The van der Waals surface area contributed by atoms with Crippen molar-refractivity contribution in [2.24, 2.45) is 0 Å². The first-order chi connectivity index (χ1) is 9.78. The SMILES string of the molecule is C[C@@H]1O[C@@H](n2ncc(=O)[nH]c2=O)[C@@H]2OC(C)(C)O[C@@H]2C1=O.